The second-order valence-corrected chi connectivity index (χ2v) is 5.56. The van der Waals surface area contributed by atoms with Crippen molar-refractivity contribution in [2.75, 3.05) is 6.61 Å². The molecule has 0 aromatic heterocycles. The average Bonchev–Trinajstić information content (AvgIpc) is 2.29. The lowest BCUT2D eigenvalue weighted by molar-refractivity contribution is -0.147. The Balaban J connectivity index is 2.68. The minimum Gasteiger partial charge on any atom is -0.480 e. The largest absolute Gasteiger partial charge is 0.480 e. The molecular formula is C13H21NO4. The first kappa shape index (κ1) is 14.5. The molecule has 1 fully saturated rings. The van der Waals surface area contributed by atoms with E-state index in [0.717, 1.165) is 12.8 Å². The maximum atomic E-state index is 11.5. The molecule has 0 aromatic carbocycles. The van der Waals surface area contributed by atoms with Crippen molar-refractivity contribution in [3.63, 3.8) is 0 Å². The van der Waals surface area contributed by atoms with Crippen LogP contribution in [-0.4, -0.2) is 29.3 Å². The van der Waals surface area contributed by atoms with Crippen LogP contribution < -0.4 is 5.32 Å². The highest BCUT2D eigenvalue weighted by Crippen LogP contribution is 2.40. The molecule has 0 bridgehead atoms. The van der Waals surface area contributed by atoms with Crippen molar-refractivity contribution in [1.29, 1.82) is 0 Å². The number of carbonyl (C=O) groups is 2. The van der Waals surface area contributed by atoms with Crippen LogP contribution in [0.15, 0.2) is 12.7 Å². The number of aliphatic carboxylic acids is 1. The Hall–Kier alpha value is -1.52. The van der Waals surface area contributed by atoms with Gasteiger partial charge in [0.15, 0.2) is 0 Å². The Morgan fingerprint density at radius 1 is 1.33 bits per heavy atom. The first-order chi connectivity index (χ1) is 8.31. The average molecular weight is 255 g/mol. The Morgan fingerprint density at radius 3 is 2.33 bits per heavy atom. The molecule has 0 heterocycles. The smallest absolute Gasteiger partial charge is 0.408 e. The van der Waals surface area contributed by atoms with Gasteiger partial charge in [0.05, 0.1) is 0 Å². The lowest BCUT2D eigenvalue weighted by Gasteiger charge is -2.40. The van der Waals surface area contributed by atoms with Crippen LogP contribution >= 0.6 is 0 Å². The monoisotopic (exact) mass is 255 g/mol. The highest BCUT2D eigenvalue weighted by Gasteiger charge is 2.45. The van der Waals surface area contributed by atoms with Crippen LogP contribution in [0.25, 0.3) is 0 Å². The standard InChI is InChI=1S/C13H21NO4/c1-4-9-18-11(17)14-13(10(15)16)7-5-12(2,3)6-8-13/h4H,1,5-9H2,2-3H3,(H,14,17)(H,15,16). The summed E-state index contributed by atoms with van der Waals surface area (Å²) in [5, 5.41) is 11.8. The van der Waals surface area contributed by atoms with Crippen LogP contribution in [0, 0.1) is 5.41 Å². The molecule has 0 saturated heterocycles. The lowest BCUT2D eigenvalue weighted by Crippen LogP contribution is -2.57. The lowest BCUT2D eigenvalue weighted by atomic mass is 9.69. The first-order valence-electron chi connectivity index (χ1n) is 6.11. The van der Waals surface area contributed by atoms with Gasteiger partial charge in [-0.15, -0.1) is 0 Å². The van der Waals surface area contributed by atoms with Gasteiger partial charge >= 0.3 is 12.1 Å². The molecule has 0 aliphatic heterocycles. The van der Waals surface area contributed by atoms with Gasteiger partial charge in [-0.2, -0.15) is 0 Å². The zero-order valence-electron chi connectivity index (χ0n) is 11.0. The van der Waals surface area contributed by atoms with E-state index in [1.54, 1.807) is 0 Å². The number of carboxylic acid groups (broad SMARTS) is 1. The molecule has 102 valence electrons. The number of hydrogen-bond acceptors (Lipinski definition) is 3. The van der Waals surface area contributed by atoms with E-state index < -0.39 is 17.6 Å². The Bertz CT molecular complexity index is 339. The molecule has 0 atom stereocenters. The van der Waals surface area contributed by atoms with E-state index in [2.05, 4.69) is 25.7 Å². The predicted octanol–water partition coefficient (Wildman–Crippen LogP) is 2.32. The van der Waals surface area contributed by atoms with E-state index in [9.17, 15) is 14.7 Å². The van der Waals surface area contributed by atoms with Crippen molar-refractivity contribution in [3.05, 3.63) is 12.7 Å². The van der Waals surface area contributed by atoms with E-state index in [4.69, 9.17) is 4.74 Å². The third-order valence-electron chi connectivity index (χ3n) is 3.54. The molecule has 1 aliphatic carbocycles. The number of ether oxygens (including phenoxy) is 1. The summed E-state index contributed by atoms with van der Waals surface area (Å²) in [5.41, 5.74) is -1.06. The fourth-order valence-corrected chi connectivity index (χ4v) is 2.11. The highest BCUT2D eigenvalue weighted by atomic mass is 16.5. The molecule has 2 N–H and O–H groups in total. The summed E-state index contributed by atoms with van der Waals surface area (Å²) in [5.74, 6) is -0.992. The molecule has 0 radical (unpaired) electrons. The van der Waals surface area contributed by atoms with Crippen molar-refractivity contribution in [2.24, 2.45) is 5.41 Å². The van der Waals surface area contributed by atoms with Gasteiger partial charge in [0.25, 0.3) is 0 Å². The Labute approximate surface area is 107 Å². The van der Waals surface area contributed by atoms with Gasteiger partial charge in [0, 0.05) is 0 Å². The molecule has 1 saturated carbocycles. The number of alkyl carbamates (subject to hydrolysis) is 1. The molecule has 18 heavy (non-hydrogen) atoms. The van der Waals surface area contributed by atoms with E-state index in [1.165, 1.54) is 6.08 Å². The molecular weight excluding hydrogens is 234 g/mol. The van der Waals surface area contributed by atoms with Gasteiger partial charge in [-0.3, -0.25) is 0 Å². The van der Waals surface area contributed by atoms with Gasteiger partial charge in [-0.25, -0.2) is 9.59 Å². The predicted molar refractivity (Wildman–Crippen MR) is 67.3 cm³/mol. The second-order valence-electron chi connectivity index (χ2n) is 5.56. The maximum Gasteiger partial charge on any atom is 0.408 e. The van der Waals surface area contributed by atoms with Crippen molar-refractivity contribution in [1.82, 2.24) is 5.32 Å². The number of nitrogens with one attached hydrogen (secondary N) is 1. The molecule has 0 unspecified atom stereocenters. The maximum absolute atomic E-state index is 11.5. The summed E-state index contributed by atoms with van der Waals surface area (Å²) in [6.45, 7) is 7.72. The number of carbonyl (C=O) groups excluding carboxylic acids is 1. The van der Waals surface area contributed by atoms with Crippen molar-refractivity contribution < 1.29 is 19.4 Å². The van der Waals surface area contributed by atoms with Crippen LogP contribution in [0.1, 0.15) is 39.5 Å². The van der Waals surface area contributed by atoms with Crippen molar-refractivity contribution in [3.8, 4) is 0 Å². The molecule has 5 heteroatoms. The third kappa shape index (κ3) is 3.48. The van der Waals surface area contributed by atoms with Crippen LogP contribution in [0.3, 0.4) is 0 Å². The van der Waals surface area contributed by atoms with E-state index in [1.807, 2.05) is 0 Å². The molecule has 1 amide bonds. The highest BCUT2D eigenvalue weighted by molar-refractivity contribution is 5.84. The van der Waals surface area contributed by atoms with E-state index in [-0.39, 0.29) is 12.0 Å². The molecule has 1 rings (SSSR count). The van der Waals surface area contributed by atoms with Gasteiger partial charge < -0.3 is 15.2 Å². The van der Waals surface area contributed by atoms with Gasteiger partial charge in [-0.1, -0.05) is 26.5 Å². The molecule has 5 nitrogen and oxygen atoms in total. The Kier molecular flexibility index (Phi) is 4.38. The first-order valence-corrected chi connectivity index (χ1v) is 6.11. The SMILES string of the molecule is C=CCOC(=O)NC1(C(=O)O)CCC(C)(C)CC1. The molecule has 1 aliphatic rings. The van der Waals surface area contributed by atoms with Gasteiger partial charge in [0.1, 0.15) is 12.1 Å². The zero-order valence-corrected chi connectivity index (χ0v) is 11.0. The van der Waals surface area contributed by atoms with Crippen LogP contribution in [-0.2, 0) is 9.53 Å². The summed E-state index contributed by atoms with van der Waals surface area (Å²) in [4.78, 5) is 22.9. The molecule has 0 aromatic rings. The third-order valence-corrected chi connectivity index (χ3v) is 3.54. The van der Waals surface area contributed by atoms with Crippen LogP contribution in [0.5, 0.6) is 0 Å². The van der Waals surface area contributed by atoms with Crippen molar-refractivity contribution in [2.45, 2.75) is 45.1 Å². The fourth-order valence-electron chi connectivity index (χ4n) is 2.11. The van der Waals surface area contributed by atoms with Crippen LogP contribution in [0.2, 0.25) is 0 Å². The van der Waals surface area contributed by atoms with Crippen molar-refractivity contribution >= 4 is 12.1 Å². The minimum atomic E-state index is -1.19. The number of amides is 1. The second kappa shape index (κ2) is 5.42. The summed E-state index contributed by atoms with van der Waals surface area (Å²) >= 11 is 0. The van der Waals surface area contributed by atoms with Gasteiger partial charge in [-0.05, 0) is 31.1 Å². The quantitative estimate of drug-likeness (QED) is 0.756. The normalized spacial score (nSPS) is 20.8. The van der Waals surface area contributed by atoms with Crippen LogP contribution in [0.4, 0.5) is 4.79 Å². The fraction of sp³-hybridized carbons (Fsp3) is 0.692. The minimum absolute atomic E-state index is 0.0764. The van der Waals surface area contributed by atoms with Gasteiger partial charge in [0.2, 0.25) is 0 Å². The van der Waals surface area contributed by atoms with E-state index in [0.29, 0.717) is 12.8 Å². The number of rotatable bonds is 4. The Morgan fingerprint density at radius 2 is 1.89 bits per heavy atom. The summed E-state index contributed by atoms with van der Waals surface area (Å²) in [6.07, 6.45) is 3.13. The number of hydrogen-bond donors (Lipinski definition) is 2. The topological polar surface area (TPSA) is 75.6 Å². The summed E-state index contributed by atoms with van der Waals surface area (Å²) in [6, 6.07) is 0. The molecule has 0 spiro atoms. The zero-order chi connectivity index (χ0) is 13.8. The number of carboxylic acids is 1. The van der Waals surface area contributed by atoms with E-state index >= 15 is 0 Å². The summed E-state index contributed by atoms with van der Waals surface area (Å²) in [7, 11) is 0. The summed E-state index contributed by atoms with van der Waals surface area (Å²) < 4.78 is 4.79.